The summed E-state index contributed by atoms with van der Waals surface area (Å²) >= 11 is 0. The van der Waals surface area contributed by atoms with Gasteiger partial charge in [0.2, 0.25) is 5.95 Å². The number of aromatic hydroxyl groups is 1. The first-order valence-corrected chi connectivity index (χ1v) is 9.86. The zero-order valence-corrected chi connectivity index (χ0v) is 16.2. The van der Waals surface area contributed by atoms with Crippen molar-refractivity contribution < 1.29 is 14.6 Å². The summed E-state index contributed by atoms with van der Waals surface area (Å²) < 4.78 is 5.27. The lowest BCUT2D eigenvalue weighted by atomic mass is 10.0. The van der Waals surface area contributed by atoms with Crippen LogP contribution in [-0.2, 0) is 0 Å². The number of aromatic nitrogens is 2. The summed E-state index contributed by atoms with van der Waals surface area (Å²) in [6, 6.07) is 12.6. The fourth-order valence-electron chi connectivity index (χ4n) is 4.15. The zero-order valence-electron chi connectivity index (χ0n) is 16.2. The minimum atomic E-state index is -0.0668. The molecule has 2 heterocycles. The van der Waals surface area contributed by atoms with Gasteiger partial charge < -0.3 is 14.7 Å². The van der Waals surface area contributed by atoms with Gasteiger partial charge >= 0.3 is 0 Å². The van der Waals surface area contributed by atoms with Crippen LogP contribution in [0.3, 0.4) is 0 Å². The standard InChI is InChI=1S/C23H21N3O3/c1-29-18-13-14(9-10-17(18)27)20-19-21(15-7-3-4-8-16(15)22(19)28)25-23(24-20)26-11-5-2-6-12-26/h3-4,7-10,13,27H,2,5-6,11-12H2,1H3. The molecule has 0 spiro atoms. The molecule has 3 aromatic rings. The second kappa shape index (κ2) is 6.88. The Hall–Kier alpha value is -3.41. The van der Waals surface area contributed by atoms with Gasteiger partial charge in [-0.25, -0.2) is 9.97 Å². The molecule has 1 saturated heterocycles. The summed E-state index contributed by atoms with van der Waals surface area (Å²) in [4.78, 5) is 25.1. The van der Waals surface area contributed by atoms with E-state index in [2.05, 4.69) is 4.90 Å². The Morgan fingerprint density at radius 3 is 2.45 bits per heavy atom. The molecular formula is C23H21N3O3. The van der Waals surface area contributed by atoms with Crippen LogP contribution >= 0.6 is 0 Å². The van der Waals surface area contributed by atoms with Crippen molar-refractivity contribution in [2.24, 2.45) is 0 Å². The second-order valence-corrected chi connectivity index (χ2v) is 7.40. The summed E-state index contributed by atoms with van der Waals surface area (Å²) in [7, 11) is 1.50. The van der Waals surface area contributed by atoms with Crippen LogP contribution in [0.25, 0.3) is 22.5 Å². The average Bonchev–Trinajstić information content (AvgIpc) is 3.07. The molecule has 0 saturated carbocycles. The molecule has 1 fully saturated rings. The maximum absolute atomic E-state index is 13.2. The predicted octanol–water partition coefficient (Wildman–Crippen LogP) is 4.06. The van der Waals surface area contributed by atoms with Crippen molar-refractivity contribution in [3.8, 4) is 34.0 Å². The maximum Gasteiger partial charge on any atom is 0.226 e. The van der Waals surface area contributed by atoms with E-state index < -0.39 is 0 Å². The van der Waals surface area contributed by atoms with Crippen molar-refractivity contribution in [2.75, 3.05) is 25.1 Å². The first-order valence-electron chi connectivity index (χ1n) is 9.86. The van der Waals surface area contributed by atoms with Crippen LogP contribution in [-0.4, -0.2) is 41.1 Å². The molecule has 5 rings (SSSR count). The Labute approximate surface area is 168 Å². The Morgan fingerprint density at radius 1 is 0.966 bits per heavy atom. The van der Waals surface area contributed by atoms with E-state index in [0.29, 0.717) is 34.2 Å². The number of carbonyl (C=O) groups excluding carboxylic acids is 1. The van der Waals surface area contributed by atoms with Crippen LogP contribution in [0.5, 0.6) is 11.5 Å². The van der Waals surface area contributed by atoms with Crippen LogP contribution in [0.15, 0.2) is 42.5 Å². The number of hydrogen-bond acceptors (Lipinski definition) is 6. The van der Waals surface area contributed by atoms with E-state index >= 15 is 0 Å². The molecule has 0 radical (unpaired) electrons. The molecule has 1 N–H and O–H groups in total. The second-order valence-electron chi connectivity index (χ2n) is 7.40. The summed E-state index contributed by atoms with van der Waals surface area (Å²) in [6.07, 6.45) is 3.43. The van der Waals surface area contributed by atoms with Crippen LogP contribution in [0.4, 0.5) is 5.95 Å². The lowest BCUT2D eigenvalue weighted by molar-refractivity contribution is 0.104. The number of nitrogens with zero attached hydrogens (tertiary/aromatic N) is 3. The molecule has 1 aliphatic heterocycles. The highest BCUT2D eigenvalue weighted by molar-refractivity contribution is 6.23. The number of carbonyl (C=O) groups is 1. The fraction of sp³-hybridized carbons (Fsp3) is 0.261. The molecule has 0 amide bonds. The van der Waals surface area contributed by atoms with Gasteiger partial charge in [0, 0.05) is 29.8 Å². The van der Waals surface area contributed by atoms with E-state index in [-0.39, 0.29) is 11.5 Å². The quantitative estimate of drug-likeness (QED) is 0.571. The minimum absolute atomic E-state index is 0.0489. The summed E-state index contributed by atoms with van der Waals surface area (Å²) in [6.45, 7) is 1.82. The van der Waals surface area contributed by atoms with E-state index in [1.807, 2.05) is 24.3 Å². The van der Waals surface area contributed by atoms with Crippen molar-refractivity contribution in [2.45, 2.75) is 19.3 Å². The van der Waals surface area contributed by atoms with E-state index in [9.17, 15) is 9.90 Å². The van der Waals surface area contributed by atoms with Crippen LogP contribution in [0.2, 0.25) is 0 Å². The summed E-state index contributed by atoms with van der Waals surface area (Å²) in [5.74, 6) is 0.975. The Morgan fingerprint density at radius 2 is 1.69 bits per heavy atom. The van der Waals surface area contributed by atoms with Gasteiger partial charge in [-0.3, -0.25) is 4.79 Å². The van der Waals surface area contributed by atoms with Gasteiger partial charge in [-0.2, -0.15) is 0 Å². The maximum atomic E-state index is 13.2. The van der Waals surface area contributed by atoms with E-state index in [4.69, 9.17) is 14.7 Å². The smallest absolute Gasteiger partial charge is 0.226 e. The van der Waals surface area contributed by atoms with Crippen LogP contribution in [0, 0.1) is 0 Å². The van der Waals surface area contributed by atoms with Crippen molar-refractivity contribution in [1.82, 2.24) is 9.97 Å². The monoisotopic (exact) mass is 387 g/mol. The van der Waals surface area contributed by atoms with Gasteiger partial charge in [-0.1, -0.05) is 24.3 Å². The van der Waals surface area contributed by atoms with E-state index in [1.165, 1.54) is 13.5 Å². The molecule has 6 nitrogen and oxygen atoms in total. The predicted molar refractivity (Wildman–Crippen MR) is 111 cm³/mol. The number of anilines is 1. The number of ketones is 1. The highest BCUT2D eigenvalue weighted by Crippen LogP contribution is 2.42. The molecule has 0 bridgehead atoms. The Balaban J connectivity index is 1.75. The molecule has 1 aliphatic carbocycles. The number of phenolic OH excluding ortho intramolecular Hbond substituents is 1. The van der Waals surface area contributed by atoms with Crippen molar-refractivity contribution >= 4 is 11.7 Å². The lowest BCUT2D eigenvalue weighted by Gasteiger charge is -2.27. The molecular weight excluding hydrogens is 366 g/mol. The number of benzene rings is 2. The molecule has 2 aliphatic rings. The fourth-order valence-corrected chi connectivity index (χ4v) is 4.15. The first kappa shape index (κ1) is 17.7. The molecule has 6 heteroatoms. The molecule has 146 valence electrons. The average molecular weight is 387 g/mol. The van der Waals surface area contributed by atoms with Gasteiger partial charge in [0.25, 0.3) is 0 Å². The largest absolute Gasteiger partial charge is 0.504 e. The van der Waals surface area contributed by atoms with Crippen molar-refractivity contribution in [3.63, 3.8) is 0 Å². The van der Waals surface area contributed by atoms with Crippen molar-refractivity contribution in [3.05, 3.63) is 53.6 Å². The third-order valence-electron chi connectivity index (χ3n) is 5.64. The Bertz CT molecular complexity index is 1120. The Kier molecular flexibility index (Phi) is 4.19. The number of methoxy groups -OCH3 is 1. The number of phenols is 1. The molecule has 0 atom stereocenters. The lowest BCUT2D eigenvalue weighted by Crippen LogP contribution is -2.31. The van der Waals surface area contributed by atoms with Gasteiger partial charge in [0.05, 0.1) is 24.1 Å². The van der Waals surface area contributed by atoms with Crippen LogP contribution in [0.1, 0.15) is 35.2 Å². The third-order valence-corrected chi connectivity index (χ3v) is 5.64. The van der Waals surface area contributed by atoms with E-state index in [1.54, 1.807) is 18.2 Å². The minimum Gasteiger partial charge on any atom is -0.504 e. The van der Waals surface area contributed by atoms with Gasteiger partial charge in [0.15, 0.2) is 17.3 Å². The summed E-state index contributed by atoms with van der Waals surface area (Å²) in [5, 5.41) is 9.99. The molecule has 1 aromatic heterocycles. The van der Waals surface area contributed by atoms with Gasteiger partial charge in [-0.15, -0.1) is 0 Å². The van der Waals surface area contributed by atoms with Gasteiger partial charge in [-0.05, 0) is 37.5 Å². The SMILES string of the molecule is COc1cc(-c2nc(N3CCCCC3)nc3c2C(=O)c2ccccc2-3)ccc1O. The molecule has 0 unspecified atom stereocenters. The highest BCUT2D eigenvalue weighted by Gasteiger charge is 2.33. The van der Waals surface area contributed by atoms with Crippen molar-refractivity contribution in [1.29, 1.82) is 0 Å². The molecule has 29 heavy (non-hydrogen) atoms. The zero-order chi connectivity index (χ0) is 20.0. The summed E-state index contributed by atoms with van der Waals surface area (Å²) in [5.41, 5.74) is 4.00. The number of piperidine rings is 1. The topological polar surface area (TPSA) is 75.5 Å². The number of fused-ring (bicyclic) bond motifs is 3. The highest BCUT2D eigenvalue weighted by atomic mass is 16.5. The van der Waals surface area contributed by atoms with E-state index in [0.717, 1.165) is 37.1 Å². The normalized spacial score (nSPS) is 15.2. The number of hydrogen-bond donors (Lipinski definition) is 1. The third kappa shape index (κ3) is 2.83. The number of rotatable bonds is 3. The van der Waals surface area contributed by atoms with Crippen LogP contribution < -0.4 is 9.64 Å². The number of ether oxygens (including phenoxy) is 1. The molecule has 2 aromatic carbocycles. The van der Waals surface area contributed by atoms with Gasteiger partial charge in [0.1, 0.15) is 0 Å². The first-order chi connectivity index (χ1) is 14.2.